The number of phosphoric ester groups is 1. The molecule has 16 heavy (non-hydrogen) atoms. The van der Waals surface area contributed by atoms with Crippen LogP contribution in [0.25, 0.3) is 0 Å². The summed E-state index contributed by atoms with van der Waals surface area (Å²) in [6, 6.07) is 0. The zero-order valence-corrected chi connectivity index (χ0v) is 12.5. The summed E-state index contributed by atoms with van der Waals surface area (Å²) < 4.78 is 26.8. The second kappa shape index (κ2) is 6.78. The van der Waals surface area contributed by atoms with Gasteiger partial charge < -0.3 is 0 Å². The van der Waals surface area contributed by atoms with Crippen LogP contribution in [0.4, 0.5) is 0 Å². The molecule has 0 heterocycles. The average Bonchev–Trinajstić information content (AvgIpc) is 2.13. The molecule has 0 N–H and O–H groups in total. The van der Waals surface area contributed by atoms with Gasteiger partial charge in [-0.05, 0) is 27.7 Å². The van der Waals surface area contributed by atoms with Gasteiger partial charge in [-0.2, -0.15) is 0 Å². The summed E-state index contributed by atoms with van der Waals surface area (Å²) >= 11 is 3.36. The molecule has 0 rings (SSSR count). The van der Waals surface area contributed by atoms with Gasteiger partial charge in [0.25, 0.3) is 0 Å². The van der Waals surface area contributed by atoms with Crippen LogP contribution in [0.3, 0.4) is 0 Å². The third kappa shape index (κ3) is 5.47. The van der Waals surface area contributed by atoms with Gasteiger partial charge in [0.1, 0.15) is 6.10 Å². The van der Waals surface area contributed by atoms with Crippen LogP contribution >= 0.6 is 23.8 Å². The van der Waals surface area contributed by atoms with Gasteiger partial charge >= 0.3 is 7.82 Å². The van der Waals surface area contributed by atoms with Gasteiger partial charge in [-0.25, -0.2) is 4.57 Å². The molecule has 1 unspecified atom stereocenters. The van der Waals surface area contributed by atoms with E-state index < -0.39 is 18.3 Å². The summed E-state index contributed by atoms with van der Waals surface area (Å²) in [5.74, 6) is 2.41. The van der Waals surface area contributed by atoms with E-state index in [9.17, 15) is 4.57 Å². The highest BCUT2D eigenvalue weighted by atomic mass is 79.9. The van der Waals surface area contributed by atoms with Crippen molar-refractivity contribution in [1.82, 2.24) is 0 Å². The molecule has 0 aromatic rings. The lowest BCUT2D eigenvalue weighted by molar-refractivity contribution is 0.0945. The second-order valence-corrected chi connectivity index (χ2v) is 7.16. The summed E-state index contributed by atoms with van der Waals surface area (Å²) in [6.07, 6.45) is 4.62. The van der Waals surface area contributed by atoms with Crippen LogP contribution in [-0.4, -0.2) is 23.6 Å². The molecule has 0 fully saturated rings. The minimum absolute atomic E-state index is 0.233. The molecule has 4 nitrogen and oxygen atoms in total. The number of hydrogen-bond acceptors (Lipinski definition) is 4. The van der Waals surface area contributed by atoms with E-state index >= 15 is 0 Å². The lowest BCUT2D eigenvalue weighted by Crippen LogP contribution is -2.30. The van der Waals surface area contributed by atoms with E-state index in [0.29, 0.717) is 0 Å². The predicted octanol–water partition coefficient (Wildman–Crippen LogP) is 3.36. The third-order valence-corrected chi connectivity index (χ3v) is 3.62. The standard InChI is InChI=1S/C10H18BrO4P/c1-6-9(10(4,5)11)15-16(12,13-7-2)14-8-3/h1,9H,7-8H2,2-5H3. The number of rotatable bonds is 7. The van der Waals surface area contributed by atoms with Crippen LogP contribution < -0.4 is 0 Å². The summed E-state index contributed by atoms with van der Waals surface area (Å²) in [7, 11) is -3.56. The van der Waals surface area contributed by atoms with Gasteiger partial charge in [-0.1, -0.05) is 21.9 Å². The first kappa shape index (κ1) is 16.1. The third-order valence-electron chi connectivity index (χ3n) is 1.58. The molecular weight excluding hydrogens is 295 g/mol. The summed E-state index contributed by atoms with van der Waals surface area (Å²) in [5, 5.41) is 0. The molecule has 0 saturated carbocycles. The molecule has 0 saturated heterocycles. The Morgan fingerprint density at radius 2 is 1.81 bits per heavy atom. The van der Waals surface area contributed by atoms with Crippen LogP contribution in [-0.2, 0) is 18.1 Å². The fraction of sp³-hybridized carbons (Fsp3) is 0.800. The highest BCUT2D eigenvalue weighted by Crippen LogP contribution is 2.52. The Hall–Kier alpha value is 0.150. The predicted molar refractivity (Wildman–Crippen MR) is 67.6 cm³/mol. The first-order valence-corrected chi connectivity index (χ1v) is 7.27. The van der Waals surface area contributed by atoms with Crippen molar-refractivity contribution in [2.45, 2.75) is 38.1 Å². The quantitative estimate of drug-likeness (QED) is 0.411. The molecule has 0 amide bonds. The first-order chi connectivity index (χ1) is 7.29. The van der Waals surface area contributed by atoms with Crippen LogP contribution in [0.5, 0.6) is 0 Å². The van der Waals surface area contributed by atoms with E-state index in [2.05, 4.69) is 21.9 Å². The van der Waals surface area contributed by atoms with Crippen molar-refractivity contribution >= 4 is 23.8 Å². The second-order valence-electron chi connectivity index (χ2n) is 3.50. The van der Waals surface area contributed by atoms with Crippen LogP contribution in [0.1, 0.15) is 27.7 Å². The molecule has 0 bridgehead atoms. The van der Waals surface area contributed by atoms with Crippen LogP contribution in [0.15, 0.2) is 0 Å². The first-order valence-electron chi connectivity index (χ1n) is 5.01. The molecule has 6 heteroatoms. The zero-order valence-electron chi connectivity index (χ0n) is 10.0. The van der Waals surface area contributed by atoms with Crippen molar-refractivity contribution in [2.75, 3.05) is 13.2 Å². The fourth-order valence-electron chi connectivity index (χ4n) is 0.897. The maximum absolute atomic E-state index is 12.0. The maximum atomic E-state index is 12.0. The molecular formula is C10H18BrO4P. The Morgan fingerprint density at radius 3 is 2.06 bits per heavy atom. The monoisotopic (exact) mass is 312 g/mol. The Bertz CT molecular complexity index is 282. The minimum atomic E-state index is -3.56. The number of alkyl halides is 1. The van der Waals surface area contributed by atoms with E-state index in [1.54, 1.807) is 13.8 Å². The van der Waals surface area contributed by atoms with Gasteiger partial charge in [0.15, 0.2) is 0 Å². The Morgan fingerprint density at radius 1 is 1.38 bits per heavy atom. The zero-order chi connectivity index (χ0) is 12.8. The number of hydrogen-bond donors (Lipinski definition) is 0. The summed E-state index contributed by atoms with van der Waals surface area (Å²) in [5.41, 5.74) is 0. The number of halogens is 1. The van der Waals surface area contributed by atoms with Gasteiger partial charge in [0, 0.05) is 0 Å². The smallest absolute Gasteiger partial charge is 0.287 e. The molecule has 0 aromatic heterocycles. The molecule has 94 valence electrons. The lowest BCUT2D eigenvalue weighted by atomic mass is 10.1. The number of phosphoric acid groups is 1. The molecule has 0 radical (unpaired) electrons. The van der Waals surface area contributed by atoms with Crippen molar-refractivity contribution in [3.63, 3.8) is 0 Å². The van der Waals surface area contributed by atoms with E-state index in [4.69, 9.17) is 20.0 Å². The van der Waals surface area contributed by atoms with E-state index in [0.717, 1.165) is 0 Å². The Kier molecular flexibility index (Phi) is 6.84. The topological polar surface area (TPSA) is 44.8 Å². The van der Waals surface area contributed by atoms with E-state index in [1.165, 1.54) is 0 Å². The Labute approximate surface area is 106 Å². The molecule has 0 aliphatic rings. The fourth-order valence-corrected chi connectivity index (χ4v) is 2.68. The van der Waals surface area contributed by atoms with Crippen molar-refractivity contribution in [2.24, 2.45) is 0 Å². The highest BCUT2D eigenvalue weighted by Gasteiger charge is 2.36. The summed E-state index contributed by atoms with van der Waals surface area (Å²) in [4.78, 5) is 0. The SMILES string of the molecule is C#CC(OP(=O)(OCC)OCC)C(C)(C)Br. The molecule has 0 spiro atoms. The van der Waals surface area contributed by atoms with E-state index in [1.807, 2.05) is 13.8 Å². The van der Waals surface area contributed by atoms with Crippen molar-refractivity contribution in [3.05, 3.63) is 0 Å². The van der Waals surface area contributed by atoms with Gasteiger partial charge in [-0.15, -0.1) is 6.42 Å². The Balaban J connectivity index is 4.74. The van der Waals surface area contributed by atoms with Crippen LogP contribution in [0.2, 0.25) is 0 Å². The van der Waals surface area contributed by atoms with Gasteiger partial charge in [0.05, 0.1) is 17.5 Å². The summed E-state index contributed by atoms with van der Waals surface area (Å²) in [6.45, 7) is 7.52. The van der Waals surface area contributed by atoms with Crippen molar-refractivity contribution < 1.29 is 18.1 Å². The van der Waals surface area contributed by atoms with Gasteiger partial charge in [-0.3, -0.25) is 13.6 Å². The molecule has 0 aliphatic carbocycles. The molecule has 1 atom stereocenters. The molecule has 0 aromatic carbocycles. The molecule has 0 aliphatic heterocycles. The van der Waals surface area contributed by atoms with Crippen molar-refractivity contribution in [1.29, 1.82) is 0 Å². The van der Waals surface area contributed by atoms with Crippen LogP contribution in [0, 0.1) is 12.3 Å². The van der Waals surface area contributed by atoms with Crippen molar-refractivity contribution in [3.8, 4) is 12.3 Å². The normalized spacial score (nSPS) is 14.5. The van der Waals surface area contributed by atoms with Gasteiger partial charge in [0.2, 0.25) is 0 Å². The number of terminal acetylenes is 1. The average molecular weight is 313 g/mol. The minimum Gasteiger partial charge on any atom is -0.287 e. The largest absolute Gasteiger partial charge is 0.476 e. The van der Waals surface area contributed by atoms with E-state index in [-0.39, 0.29) is 13.2 Å². The maximum Gasteiger partial charge on any atom is 0.476 e. The highest BCUT2D eigenvalue weighted by molar-refractivity contribution is 9.10. The lowest BCUT2D eigenvalue weighted by Gasteiger charge is -2.27.